The summed E-state index contributed by atoms with van der Waals surface area (Å²) in [5.74, 6) is 1.14. The lowest BCUT2D eigenvalue weighted by molar-refractivity contribution is 0.400. The Labute approximate surface area is 85.9 Å². The Morgan fingerprint density at radius 3 is 2.79 bits per heavy atom. The summed E-state index contributed by atoms with van der Waals surface area (Å²) < 4.78 is 2.06. The molecule has 0 aliphatic heterocycles. The van der Waals surface area contributed by atoms with Crippen molar-refractivity contribution in [2.45, 2.75) is 6.42 Å². The standard InChI is InChI=1S/C10H20N4/c1-13(2)8-6-11-5-4-10-12-7-9-14(10)3/h7,9,11H,4-6,8H2,1-3H3. The van der Waals surface area contributed by atoms with Crippen LogP contribution in [0.2, 0.25) is 0 Å². The predicted molar refractivity (Wildman–Crippen MR) is 58.3 cm³/mol. The molecule has 0 unspecified atom stereocenters. The number of likely N-dealkylation sites (N-methyl/N-ethyl adjacent to an activating group) is 1. The van der Waals surface area contributed by atoms with Crippen molar-refractivity contribution < 1.29 is 0 Å². The third kappa shape index (κ3) is 3.89. The summed E-state index contributed by atoms with van der Waals surface area (Å²) in [6.07, 6.45) is 4.82. The zero-order valence-corrected chi connectivity index (χ0v) is 9.32. The molecular formula is C10H20N4. The number of hydrogen-bond acceptors (Lipinski definition) is 3. The number of nitrogens with one attached hydrogen (secondary N) is 1. The molecule has 0 saturated heterocycles. The first kappa shape index (κ1) is 11.2. The van der Waals surface area contributed by atoms with Gasteiger partial charge < -0.3 is 14.8 Å². The number of hydrogen-bond donors (Lipinski definition) is 1. The van der Waals surface area contributed by atoms with Crippen LogP contribution in [0.15, 0.2) is 12.4 Å². The molecule has 1 aromatic heterocycles. The molecular weight excluding hydrogens is 176 g/mol. The zero-order valence-electron chi connectivity index (χ0n) is 9.32. The molecule has 0 aliphatic rings. The van der Waals surface area contributed by atoms with Crippen molar-refractivity contribution in [1.82, 2.24) is 19.8 Å². The van der Waals surface area contributed by atoms with E-state index in [2.05, 4.69) is 33.9 Å². The Morgan fingerprint density at radius 2 is 2.21 bits per heavy atom. The van der Waals surface area contributed by atoms with E-state index in [-0.39, 0.29) is 0 Å². The Balaban J connectivity index is 2.08. The molecule has 0 spiro atoms. The van der Waals surface area contributed by atoms with Crippen LogP contribution in [0.25, 0.3) is 0 Å². The quantitative estimate of drug-likeness (QED) is 0.656. The van der Waals surface area contributed by atoms with E-state index in [4.69, 9.17) is 0 Å². The Kier molecular flexibility index (Phi) is 4.62. The number of aryl methyl sites for hydroxylation is 1. The van der Waals surface area contributed by atoms with Gasteiger partial charge in [-0.25, -0.2) is 4.98 Å². The van der Waals surface area contributed by atoms with Crippen LogP contribution in [0.4, 0.5) is 0 Å². The highest BCUT2D eigenvalue weighted by molar-refractivity contribution is 4.91. The summed E-state index contributed by atoms with van der Waals surface area (Å²) in [4.78, 5) is 6.44. The summed E-state index contributed by atoms with van der Waals surface area (Å²) in [6.45, 7) is 3.12. The summed E-state index contributed by atoms with van der Waals surface area (Å²) in [5, 5.41) is 3.39. The molecule has 0 radical (unpaired) electrons. The Bertz CT molecular complexity index is 254. The van der Waals surface area contributed by atoms with Gasteiger partial charge in [0.2, 0.25) is 0 Å². The van der Waals surface area contributed by atoms with Crippen LogP contribution in [0.1, 0.15) is 5.82 Å². The smallest absolute Gasteiger partial charge is 0.109 e. The first-order valence-corrected chi connectivity index (χ1v) is 5.02. The van der Waals surface area contributed by atoms with E-state index in [0.29, 0.717) is 0 Å². The first-order chi connectivity index (χ1) is 6.70. The monoisotopic (exact) mass is 196 g/mol. The van der Waals surface area contributed by atoms with E-state index >= 15 is 0 Å². The van der Waals surface area contributed by atoms with Gasteiger partial charge in [-0.1, -0.05) is 0 Å². The fraction of sp³-hybridized carbons (Fsp3) is 0.700. The molecule has 4 heteroatoms. The van der Waals surface area contributed by atoms with E-state index in [9.17, 15) is 0 Å². The molecule has 1 rings (SSSR count). The topological polar surface area (TPSA) is 33.1 Å². The Hall–Kier alpha value is -0.870. The summed E-state index contributed by atoms with van der Waals surface area (Å²) >= 11 is 0. The van der Waals surface area contributed by atoms with Crippen molar-refractivity contribution in [2.75, 3.05) is 33.7 Å². The van der Waals surface area contributed by atoms with Gasteiger partial charge in [0.15, 0.2) is 0 Å². The van der Waals surface area contributed by atoms with Crippen LogP contribution in [-0.2, 0) is 13.5 Å². The number of imidazole rings is 1. The summed E-state index contributed by atoms with van der Waals surface area (Å²) in [7, 11) is 6.20. The molecule has 1 aromatic rings. The van der Waals surface area contributed by atoms with Gasteiger partial charge in [-0.2, -0.15) is 0 Å². The molecule has 0 aromatic carbocycles. The van der Waals surface area contributed by atoms with E-state index in [1.54, 1.807) is 0 Å². The molecule has 1 N–H and O–H groups in total. The normalized spacial score (nSPS) is 11.1. The second-order valence-corrected chi connectivity index (χ2v) is 3.76. The second kappa shape index (κ2) is 5.78. The summed E-state index contributed by atoms with van der Waals surface area (Å²) in [6, 6.07) is 0. The molecule has 0 amide bonds. The van der Waals surface area contributed by atoms with Gasteiger partial charge in [0.05, 0.1) is 0 Å². The fourth-order valence-electron chi connectivity index (χ4n) is 1.27. The van der Waals surface area contributed by atoms with Gasteiger partial charge in [0.25, 0.3) is 0 Å². The minimum Gasteiger partial charge on any atom is -0.338 e. The average molecular weight is 196 g/mol. The fourth-order valence-corrected chi connectivity index (χ4v) is 1.27. The Morgan fingerprint density at radius 1 is 1.43 bits per heavy atom. The van der Waals surface area contributed by atoms with Crippen LogP contribution in [0.5, 0.6) is 0 Å². The lowest BCUT2D eigenvalue weighted by Gasteiger charge is -2.10. The van der Waals surface area contributed by atoms with Gasteiger partial charge in [-0.3, -0.25) is 0 Å². The van der Waals surface area contributed by atoms with Crippen molar-refractivity contribution in [3.8, 4) is 0 Å². The SMILES string of the molecule is CN(C)CCNCCc1nccn1C. The van der Waals surface area contributed by atoms with Gasteiger partial charge >= 0.3 is 0 Å². The summed E-state index contributed by atoms with van der Waals surface area (Å²) in [5.41, 5.74) is 0. The highest BCUT2D eigenvalue weighted by atomic mass is 15.1. The van der Waals surface area contributed by atoms with Crippen molar-refractivity contribution in [3.05, 3.63) is 18.2 Å². The van der Waals surface area contributed by atoms with Crippen LogP contribution in [0, 0.1) is 0 Å². The maximum Gasteiger partial charge on any atom is 0.109 e. The molecule has 0 atom stereocenters. The van der Waals surface area contributed by atoms with E-state index < -0.39 is 0 Å². The van der Waals surface area contributed by atoms with Crippen LogP contribution in [-0.4, -0.2) is 48.2 Å². The molecule has 14 heavy (non-hydrogen) atoms. The maximum absolute atomic E-state index is 4.26. The first-order valence-electron chi connectivity index (χ1n) is 5.02. The number of nitrogens with zero attached hydrogens (tertiary/aromatic N) is 3. The van der Waals surface area contributed by atoms with Crippen molar-refractivity contribution >= 4 is 0 Å². The largest absolute Gasteiger partial charge is 0.338 e. The minimum absolute atomic E-state index is 0.997. The highest BCUT2D eigenvalue weighted by Crippen LogP contribution is 1.93. The van der Waals surface area contributed by atoms with Crippen molar-refractivity contribution in [2.24, 2.45) is 7.05 Å². The van der Waals surface area contributed by atoms with Crippen LogP contribution >= 0.6 is 0 Å². The molecule has 80 valence electrons. The van der Waals surface area contributed by atoms with Crippen LogP contribution in [0.3, 0.4) is 0 Å². The van der Waals surface area contributed by atoms with Gasteiger partial charge in [0.1, 0.15) is 5.82 Å². The highest BCUT2D eigenvalue weighted by Gasteiger charge is 1.97. The zero-order chi connectivity index (χ0) is 10.4. The number of rotatable bonds is 6. The third-order valence-electron chi connectivity index (χ3n) is 2.18. The van der Waals surface area contributed by atoms with Gasteiger partial charge in [-0.05, 0) is 14.1 Å². The van der Waals surface area contributed by atoms with E-state index in [1.165, 1.54) is 0 Å². The molecule has 0 fully saturated rings. The van der Waals surface area contributed by atoms with Crippen LogP contribution < -0.4 is 5.32 Å². The lowest BCUT2D eigenvalue weighted by atomic mass is 10.4. The molecule has 0 bridgehead atoms. The molecule has 1 heterocycles. The predicted octanol–water partition coefficient (Wildman–Crippen LogP) is 0.114. The van der Waals surface area contributed by atoms with E-state index in [1.807, 2.05) is 19.4 Å². The molecule has 4 nitrogen and oxygen atoms in total. The number of aromatic nitrogens is 2. The lowest BCUT2D eigenvalue weighted by Crippen LogP contribution is -2.28. The van der Waals surface area contributed by atoms with E-state index in [0.717, 1.165) is 31.9 Å². The van der Waals surface area contributed by atoms with Crippen molar-refractivity contribution in [1.29, 1.82) is 0 Å². The molecule has 0 aliphatic carbocycles. The van der Waals surface area contributed by atoms with Crippen molar-refractivity contribution in [3.63, 3.8) is 0 Å². The molecule has 0 saturated carbocycles. The second-order valence-electron chi connectivity index (χ2n) is 3.76. The average Bonchev–Trinajstić information content (AvgIpc) is 2.51. The van der Waals surface area contributed by atoms with Gasteiger partial charge in [-0.15, -0.1) is 0 Å². The third-order valence-corrected chi connectivity index (χ3v) is 2.18. The van der Waals surface area contributed by atoms with Gasteiger partial charge in [0, 0.05) is 45.5 Å². The maximum atomic E-state index is 4.26. The minimum atomic E-state index is 0.997.